The zero-order chi connectivity index (χ0) is 18.8. The molecule has 0 unspecified atom stereocenters. The van der Waals surface area contributed by atoms with E-state index in [1.807, 2.05) is 36.1 Å². The fourth-order valence-corrected chi connectivity index (χ4v) is 3.41. The quantitative estimate of drug-likeness (QED) is 0.696. The van der Waals surface area contributed by atoms with Gasteiger partial charge in [-0.15, -0.1) is 0 Å². The number of aryl methyl sites for hydroxylation is 1. The molecule has 1 saturated heterocycles. The Kier molecular flexibility index (Phi) is 4.77. The van der Waals surface area contributed by atoms with Gasteiger partial charge in [-0.2, -0.15) is 5.10 Å². The van der Waals surface area contributed by atoms with E-state index in [1.54, 1.807) is 29.3 Å². The molecule has 0 radical (unpaired) electrons. The number of amides is 1. The zero-order valence-electron chi connectivity index (χ0n) is 14.9. The van der Waals surface area contributed by atoms with Crippen LogP contribution in [0.3, 0.4) is 0 Å². The maximum Gasteiger partial charge on any atom is 0.272 e. The molecular formula is C19H19ClN6O. The van der Waals surface area contributed by atoms with Crippen molar-refractivity contribution >= 4 is 23.2 Å². The van der Waals surface area contributed by atoms with Gasteiger partial charge in [-0.05, 0) is 31.2 Å². The van der Waals surface area contributed by atoms with Crippen LogP contribution >= 0.6 is 11.6 Å². The molecule has 1 fully saturated rings. The van der Waals surface area contributed by atoms with Gasteiger partial charge in [0.05, 0.1) is 11.9 Å². The van der Waals surface area contributed by atoms with Gasteiger partial charge in [0.2, 0.25) is 0 Å². The molecule has 1 amide bonds. The van der Waals surface area contributed by atoms with Crippen LogP contribution in [-0.2, 0) is 0 Å². The third-order valence-corrected chi connectivity index (χ3v) is 4.79. The molecule has 1 aromatic carbocycles. The molecule has 1 aliphatic heterocycles. The van der Waals surface area contributed by atoms with Crippen molar-refractivity contribution in [2.45, 2.75) is 6.92 Å². The van der Waals surface area contributed by atoms with Crippen molar-refractivity contribution in [3.63, 3.8) is 0 Å². The van der Waals surface area contributed by atoms with E-state index in [0.717, 1.165) is 24.5 Å². The number of halogens is 1. The highest BCUT2D eigenvalue weighted by Gasteiger charge is 2.26. The maximum atomic E-state index is 13.1. The molecule has 1 aliphatic rings. The van der Waals surface area contributed by atoms with Crippen LogP contribution in [0.25, 0.3) is 5.82 Å². The molecule has 0 saturated carbocycles. The summed E-state index contributed by atoms with van der Waals surface area (Å²) < 4.78 is 1.56. The van der Waals surface area contributed by atoms with E-state index in [0.29, 0.717) is 29.6 Å². The van der Waals surface area contributed by atoms with Gasteiger partial charge >= 0.3 is 0 Å². The minimum atomic E-state index is -0.0491. The lowest BCUT2D eigenvalue weighted by atomic mass is 10.2. The fourth-order valence-electron chi connectivity index (χ4n) is 3.23. The first-order valence-corrected chi connectivity index (χ1v) is 9.12. The minimum Gasteiger partial charge on any atom is -0.368 e. The highest BCUT2D eigenvalue weighted by molar-refractivity contribution is 6.30. The summed E-state index contributed by atoms with van der Waals surface area (Å²) in [5.41, 5.74) is 2.35. The Balaban J connectivity index is 1.51. The molecule has 0 spiro atoms. The van der Waals surface area contributed by atoms with Crippen molar-refractivity contribution in [1.29, 1.82) is 0 Å². The molecule has 138 valence electrons. The highest BCUT2D eigenvalue weighted by atomic mass is 35.5. The summed E-state index contributed by atoms with van der Waals surface area (Å²) in [5, 5.41) is 5.13. The number of hydrogen-bond donors (Lipinski definition) is 0. The Hall–Kier alpha value is -2.93. The van der Waals surface area contributed by atoms with Gasteiger partial charge in [0.25, 0.3) is 5.91 Å². The Morgan fingerprint density at radius 2 is 1.93 bits per heavy atom. The van der Waals surface area contributed by atoms with Crippen molar-refractivity contribution in [2.24, 2.45) is 0 Å². The summed E-state index contributed by atoms with van der Waals surface area (Å²) in [6.07, 6.45) is 4.78. The van der Waals surface area contributed by atoms with Gasteiger partial charge in [-0.3, -0.25) is 9.78 Å². The normalized spacial score (nSPS) is 14.4. The van der Waals surface area contributed by atoms with Crippen LogP contribution in [0.5, 0.6) is 0 Å². The topological polar surface area (TPSA) is 67.2 Å². The van der Waals surface area contributed by atoms with Crippen LogP contribution < -0.4 is 4.90 Å². The first-order chi connectivity index (χ1) is 13.1. The van der Waals surface area contributed by atoms with Crippen LogP contribution in [0.4, 0.5) is 5.69 Å². The first-order valence-electron chi connectivity index (χ1n) is 8.74. The van der Waals surface area contributed by atoms with Crippen LogP contribution in [0.2, 0.25) is 5.02 Å². The molecule has 2 aromatic heterocycles. The second-order valence-corrected chi connectivity index (χ2v) is 6.84. The predicted octanol–water partition coefficient (Wildman–Crippen LogP) is 2.59. The average molecular weight is 383 g/mol. The van der Waals surface area contributed by atoms with E-state index < -0.39 is 0 Å². The zero-order valence-corrected chi connectivity index (χ0v) is 15.7. The Labute approximate surface area is 162 Å². The average Bonchev–Trinajstić information content (AvgIpc) is 3.10. The van der Waals surface area contributed by atoms with Crippen LogP contribution in [0, 0.1) is 6.92 Å². The summed E-state index contributed by atoms with van der Waals surface area (Å²) in [5.74, 6) is 0.485. The lowest BCUT2D eigenvalue weighted by Gasteiger charge is -2.36. The molecule has 27 heavy (non-hydrogen) atoms. The second kappa shape index (κ2) is 7.36. The van der Waals surface area contributed by atoms with Crippen molar-refractivity contribution in [1.82, 2.24) is 24.6 Å². The van der Waals surface area contributed by atoms with Crippen molar-refractivity contribution < 1.29 is 4.79 Å². The number of rotatable bonds is 3. The van der Waals surface area contributed by atoms with Crippen molar-refractivity contribution in [3.05, 3.63) is 65.3 Å². The fraction of sp³-hybridized carbons (Fsp3) is 0.263. The predicted molar refractivity (Wildman–Crippen MR) is 103 cm³/mol. The lowest BCUT2D eigenvalue weighted by molar-refractivity contribution is 0.0737. The number of aromatic nitrogens is 4. The molecule has 8 heteroatoms. The molecule has 0 N–H and O–H groups in total. The molecule has 0 bridgehead atoms. The number of piperazine rings is 1. The molecule has 3 aromatic rings. The summed E-state index contributed by atoms with van der Waals surface area (Å²) in [6.45, 7) is 4.64. The third-order valence-electron chi connectivity index (χ3n) is 4.56. The van der Waals surface area contributed by atoms with E-state index in [-0.39, 0.29) is 5.91 Å². The number of carbonyl (C=O) groups is 1. The van der Waals surface area contributed by atoms with Gasteiger partial charge in [-0.25, -0.2) is 9.67 Å². The van der Waals surface area contributed by atoms with Crippen LogP contribution in [0.15, 0.2) is 48.9 Å². The van der Waals surface area contributed by atoms with Gasteiger partial charge in [0.1, 0.15) is 5.69 Å². The van der Waals surface area contributed by atoms with E-state index >= 15 is 0 Å². The van der Waals surface area contributed by atoms with E-state index in [2.05, 4.69) is 20.0 Å². The number of anilines is 1. The summed E-state index contributed by atoms with van der Waals surface area (Å²) >= 11 is 6.09. The van der Waals surface area contributed by atoms with Gasteiger partial charge in [0, 0.05) is 49.3 Å². The molecule has 7 nitrogen and oxygen atoms in total. The molecule has 4 rings (SSSR count). The second-order valence-electron chi connectivity index (χ2n) is 6.41. The molecular weight excluding hydrogens is 364 g/mol. The summed E-state index contributed by atoms with van der Waals surface area (Å²) in [7, 11) is 0. The Morgan fingerprint density at radius 3 is 2.63 bits per heavy atom. The van der Waals surface area contributed by atoms with Crippen LogP contribution in [-0.4, -0.2) is 56.7 Å². The lowest BCUT2D eigenvalue weighted by Crippen LogP contribution is -2.49. The summed E-state index contributed by atoms with van der Waals surface area (Å²) in [4.78, 5) is 25.5. The third kappa shape index (κ3) is 3.64. The smallest absolute Gasteiger partial charge is 0.272 e. The van der Waals surface area contributed by atoms with Crippen LogP contribution in [0.1, 0.15) is 16.2 Å². The first kappa shape index (κ1) is 17.5. The number of benzene rings is 1. The van der Waals surface area contributed by atoms with E-state index in [1.165, 1.54) is 0 Å². The standard InChI is InChI=1S/C19H19ClN6O/c1-14-11-17(26(23-14)18-13-21-5-6-22-18)19(27)25-9-7-24(8-10-25)16-4-2-3-15(20)12-16/h2-6,11-13H,7-10H2,1H3. The largest absolute Gasteiger partial charge is 0.368 e. The van der Waals surface area contributed by atoms with Gasteiger partial charge in [0.15, 0.2) is 5.82 Å². The monoisotopic (exact) mass is 382 g/mol. The maximum absolute atomic E-state index is 13.1. The van der Waals surface area contributed by atoms with Gasteiger partial charge in [-0.1, -0.05) is 17.7 Å². The number of nitrogens with zero attached hydrogens (tertiary/aromatic N) is 6. The Morgan fingerprint density at radius 1 is 1.11 bits per heavy atom. The van der Waals surface area contributed by atoms with Crippen molar-refractivity contribution in [3.8, 4) is 5.82 Å². The van der Waals surface area contributed by atoms with Gasteiger partial charge < -0.3 is 9.80 Å². The number of hydrogen-bond acceptors (Lipinski definition) is 5. The van der Waals surface area contributed by atoms with E-state index in [9.17, 15) is 4.79 Å². The number of carbonyl (C=O) groups excluding carboxylic acids is 1. The Bertz CT molecular complexity index is 950. The molecule has 0 aliphatic carbocycles. The summed E-state index contributed by atoms with van der Waals surface area (Å²) in [6, 6.07) is 9.58. The van der Waals surface area contributed by atoms with E-state index in [4.69, 9.17) is 11.6 Å². The molecule has 3 heterocycles. The van der Waals surface area contributed by atoms with Crippen molar-refractivity contribution in [2.75, 3.05) is 31.1 Å². The SMILES string of the molecule is Cc1cc(C(=O)N2CCN(c3cccc(Cl)c3)CC2)n(-c2cnccn2)n1. The minimum absolute atomic E-state index is 0.0491. The molecule has 0 atom stereocenters. The highest BCUT2D eigenvalue weighted by Crippen LogP contribution is 2.21.